The number of nitrogen functional groups attached to an aromatic ring is 1. The van der Waals surface area contributed by atoms with Crippen molar-refractivity contribution in [2.45, 2.75) is 51.0 Å². The molecule has 24 heavy (non-hydrogen) atoms. The number of aliphatic imine (C=N–C) groups is 1. The summed E-state index contributed by atoms with van der Waals surface area (Å²) in [5, 5.41) is 0. The molecule has 2 aromatic heterocycles. The normalized spacial score (nSPS) is 17.6. The molecule has 1 fully saturated rings. The van der Waals surface area contributed by atoms with Gasteiger partial charge in [0.1, 0.15) is 12.0 Å². The van der Waals surface area contributed by atoms with E-state index < -0.39 is 0 Å². The molecule has 2 aromatic rings. The van der Waals surface area contributed by atoms with Crippen molar-refractivity contribution < 1.29 is 0 Å². The van der Waals surface area contributed by atoms with E-state index in [4.69, 9.17) is 10.7 Å². The molecule has 3 heterocycles. The van der Waals surface area contributed by atoms with Gasteiger partial charge in [0.2, 0.25) is 0 Å². The molecule has 0 aromatic carbocycles. The van der Waals surface area contributed by atoms with Crippen molar-refractivity contribution in [3.8, 4) is 0 Å². The van der Waals surface area contributed by atoms with Gasteiger partial charge in [-0.15, -0.1) is 0 Å². The zero-order chi connectivity index (χ0) is 16.5. The maximum absolute atomic E-state index is 12.1. The first-order valence-corrected chi connectivity index (χ1v) is 8.57. The average Bonchev–Trinajstić information content (AvgIpc) is 3.02. The first-order chi connectivity index (χ1) is 11.7. The van der Waals surface area contributed by atoms with E-state index in [1.807, 2.05) is 0 Å². The number of anilines is 1. The highest BCUT2D eigenvalue weighted by Crippen LogP contribution is 2.39. The molecule has 1 aliphatic carbocycles. The monoisotopic (exact) mass is 323 g/mol. The summed E-state index contributed by atoms with van der Waals surface area (Å²) < 4.78 is 1.60. The number of rotatable bonds is 3. The molecule has 2 N–H and O–H groups in total. The molecule has 0 spiro atoms. The third-order valence-electron chi connectivity index (χ3n) is 4.96. The van der Waals surface area contributed by atoms with Crippen LogP contribution in [0.3, 0.4) is 0 Å². The summed E-state index contributed by atoms with van der Waals surface area (Å²) in [6.45, 7) is 0.449. The molecule has 4 rings (SSSR count). The van der Waals surface area contributed by atoms with Gasteiger partial charge in [-0.05, 0) is 25.0 Å². The molecule has 2 aliphatic rings. The Morgan fingerprint density at radius 2 is 2.04 bits per heavy atom. The maximum atomic E-state index is 12.1. The van der Waals surface area contributed by atoms with Crippen LogP contribution in [0.25, 0.3) is 0 Å². The summed E-state index contributed by atoms with van der Waals surface area (Å²) in [6.07, 6.45) is 10.3. The van der Waals surface area contributed by atoms with Crippen molar-refractivity contribution in [1.29, 1.82) is 0 Å². The van der Waals surface area contributed by atoms with E-state index in [-0.39, 0.29) is 11.2 Å². The Kier molecular flexibility index (Phi) is 3.88. The Bertz CT molecular complexity index is 849. The van der Waals surface area contributed by atoms with Crippen molar-refractivity contribution in [2.24, 2.45) is 4.99 Å². The average molecular weight is 323 g/mol. The van der Waals surface area contributed by atoms with E-state index in [0.29, 0.717) is 18.9 Å². The number of pyridine rings is 1. The maximum Gasteiger partial charge on any atom is 0.274 e. The molecule has 1 aliphatic heterocycles. The van der Waals surface area contributed by atoms with Crippen LogP contribution in [0.4, 0.5) is 11.4 Å². The zero-order valence-corrected chi connectivity index (χ0v) is 13.6. The Labute approximate surface area is 140 Å². The highest BCUT2D eigenvalue weighted by atomic mass is 16.1. The summed E-state index contributed by atoms with van der Waals surface area (Å²) >= 11 is 0. The molecule has 0 atom stereocenters. The van der Waals surface area contributed by atoms with Crippen LogP contribution < -0.4 is 11.3 Å². The zero-order valence-electron chi connectivity index (χ0n) is 13.6. The molecular weight excluding hydrogens is 302 g/mol. The summed E-state index contributed by atoms with van der Waals surface area (Å²) in [6, 6.07) is 3.41. The van der Waals surface area contributed by atoms with E-state index in [1.54, 1.807) is 29.2 Å². The summed E-state index contributed by atoms with van der Waals surface area (Å²) in [4.78, 5) is 25.8. The van der Waals surface area contributed by atoms with Crippen LogP contribution in [-0.4, -0.2) is 20.2 Å². The molecular formula is C18H21N5O. The number of nitrogens with zero attached hydrogens (tertiary/aromatic N) is 4. The van der Waals surface area contributed by atoms with E-state index >= 15 is 0 Å². The van der Waals surface area contributed by atoms with Crippen molar-refractivity contribution in [3.05, 3.63) is 46.4 Å². The van der Waals surface area contributed by atoms with Gasteiger partial charge in [-0.3, -0.25) is 9.79 Å². The van der Waals surface area contributed by atoms with Gasteiger partial charge in [0, 0.05) is 24.2 Å². The number of hydrogen-bond acceptors (Lipinski definition) is 5. The number of nitrogens with two attached hydrogens (primary N) is 1. The predicted octanol–water partition coefficient (Wildman–Crippen LogP) is 2.60. The van der Waals surface area contributed by atoms with Crippen LogP contribution in [0.5, 0.6) is 0 Å². The molecule has 0 saturated heterocycles. The standard InChI is InChI=1S/C18H21N5O/c19-14-7-4-8-23(18(14)24)10-13-9-15-17(22-13)16(21-11-20-15)12-5-2-1-3-6-12/h4,7-8,11-12H,1-3,5-6,9-10,19H2. The topological polar surface area (TPSA) is 86.2 Å². The minimum absolute atomic E-state index is 0.172. The van der Waals surface area contributed by atoms with E-state index in [0.717, 1.165) is 22.8 Å². The number of aromatic nitrogens is 3. The molecule has 1 saturated carbocycles. The van der Waals surface area contributed by atoms with Crippen molar-refractivity contribution in [3.63, 3.8) is 0 Å². The minimum atomic E-state index is -0.172. The lowest BCUT2D eigenvalue weighted by atomic mass is 9.86. The van der Waals surface area contributed by atoms with Gasteiger partial charge >= 0.3 is 0 Å². The molecule has 0 unspecified atom stereocenters. The third kappa shape index (κ3) is 2.72. The van der Waals surface area contributed by atoms with Crippen LogP contribution in [0, 0.1) is 0 Å². The molecule has 0 radical (unpaired) electrons. The summed E-state index contributed by atoms with van der Waals surface area (Å²) in [5.41, 5.74) is 9.75. The van der Waals surface area contributed by atoms with Crippen LogP contribution in [0.2, 0.25) is 0 Å². The van der Waals surface area contributed by atoms with Crippen LogP contribution in [0.15, 0.2) is 34.4 Å². The first-order valence-electron chi connectivity index (χ1n) is 8.57. The minimum Gasteiger partial charge on any atom is -0.394 e. The van der Waals surface area contributed by atoms with Gasteiger partial charge in [0.05, 0.1) is 23.6 Å². The van der Waals surface area contributed by atoms with Crippen molar-refractivity contribution in [2.75, 3.05) is 5.73 Å². The summed E-state index contributed by atoms with van der Waals surface area (Å²) in [5.74, 6) is 0.494. The van der Waals surface area contributed by atoms with Gasteiger partial charge in [0.25, 0.3) is 5.56 Å². The fraction of sp³-hybridized carbons (Fsp3) is 0.444. The number of hydrogen-bond donors (Lipinski definition) is 1. The van der Waals surface area contributed by atoms with Gasteiger partial charge in [0.15, 0.2) is 0 Å². The molecule has 6 nitrogen and oxygen atoms in total. The quantitative estimate of drug-likeness (QED) is 0.940. The Balaban J connectivity index is 1.63. The van der Waals surface area contributed by atoms with Gasteiger partial charge < -0.3 is 10.3 Å². The van der Waals surface area contributed by atoms with E-state index in [9.17, 15) is 4.79 Å². The number of fused-ring (bicyclic) bond motifs is 1. The smallest absolute Gasteiger partial charge is 0.274 e. The third-order valence-corrected chi connectivity index (χ3v) is 4.96. The predicted molar refractivity (Wildman–Crippen MR) is 93.8 cm³/mol. The summed E-state index contributed by atoms with van der Waals surface area (Å²) in [7, 11) is 0. The van der Waals surface area contributed by atoms with E-state index in [1.165, 1.54) is 32.1 Å². The lowest BCUT2D eigenvalue weighted by Gasteiger charge is -2.21. The Morgan fingerprint density at radius 1 is 1.21 bits per heavy atom. The highest BCUT2D eigenvalue weighted by Gasteiger charge is 2.26. The second kappa shape index (κ2) is 6.19. The SMILES string of the molecule is Nc1cccn(CC2=Nc3c(ncnc3C3CCCCC3)C2)c1=O. The molecule has 6 heteroatoms. The highest BCUT2D eigenvalue weighted by molar-refractivity contribution is 5.93. The van der Waals surface area contributed by atoms with Gasteiger partial charge in [-0.2, -0.15) is 0 Å². The molecule has 124 valence electrons. The fourth-order valence-electron chi connectivity index (χ4n) is 3.72. The fourth-order valence-corrected chi connectivity index (χ4v) is 3.72. The van der Waals surface area contributed by atoms with Crippen LogP contribution >= 0.6 is 0 Å². The largest absolute Gasteiger partial charge is 0.394 e. The van der Waals surface area contributed by atoms with Crippen LogP contribution in [0.1, 0.15) is 49.4 Å². The Morgan fingerprint density at radius 3 is 2.88 bits per heavy atom. The lowest BCUT2D eigenvalue weighted by molar-refractivity contribution is 0.437. The van der Waals surface area contributed by atoms with Crippen LogP contribution in [-0.2, 0) is 13.0 Å². The second-order valence-corrected chi connectivity index (χ2v) is 6.64. The van der Waals surface area contributed by atoms with E-state index in [2.05, 4.69) is 9.97 Å². The first kappa shape index (κ1) is 15.1. The second-order valence-electron chi connectivity index (χ2n) is 6.64. The van der Waals surface area contributed by atoms with Crippen molar-refractivity contribution in [1.82, 2.24) is 14.5 Å². The lowest BCUT2D eigenvalue weighted by Crippen LogP contribution is -2.25. The molecule has 0 amide bonds. The van der Waals surface area contributed by atoms with Gasteiger partial charge in [-0.1, -0.05) is 19.3 Å². The van der Waals surface area contributed by atoms with Gasteiger partial charge in [-0.25, -0.2) is 9.97 Å². The van der Waals surface area contributed by atoms with Crippen molar-refractivity contribution >= 4 is 17.1 Å². The molecule has 0 bridgehead atoms. The Hall–Kier alpha value is -2.50.